The number of ether oxygens (including phenoxy) is 1. The molecule has 2 aromatic rings. The van der Waals surface area contributed by atoms with Gasteiger partial charge in [-0.3, -0.25) is 9.63 Å². The van der Waals surface area contributed by atoms with Gasteiger partial charge in [-0.15, -0.1) is 0 Å². The van der Waals surface area contributed by atoms with Crippen LogP contribution in [0, 0.1) is 5.92 Å². The van der Waals surface area contributed by atoms with Crippen molar-refractivity contribution in [2.75, 3.05) is 46.3 Å². The van der Waals surface area contributed by atoms with E-state index in [4.69, 9.17) is 9.57 Å². The van der Waals surface area contributed by atoms with Crippen molar-refractivity contribution < 1.29 is 19.5 Å². The average Bonchev–Trinajstić information content (AvgIpc) is 3.22. The second-order valence-corrected chi connectivity index (χ2v) is 8.77. The van der Waals surface area contributed by atoms with E-state index in [0.29, 0.717) is 26.2 Å². The third-order valence-corrected chi connectivity index (χ3v) is 6.00. The molecule has 0 unspecified atom stereocenters. The van der Waals surface area contributed by atoms with Crippen molar-refractivity contribution >= 4 is 11.6 Å². The Bertz CT molecular complexity index is 945. The number of amides is 1. The molecule has 1 heterocycles. The van der Waals surface area contributed by atoms with E-state index < -0.39 is 6.10 Å². The minimum atomic E-state index is -0.395. The van der Waals surface area contributed by atoms with Gasteiger partial charge < -0.3 is 19.6 Å². The lowest BCUT2D eigenvalue weighted by molar-refractivity contribution is -0.128. The van der Waals surface area contributed by atoms with E-state index in [1.54, 1.807) is 25.9 Å². The van der Waals surface area contributed by atoms with E-state index in [2.05, 4.69) is 29.2 Å². The largest absolute Gasteiger partial charge is 0.496 e. The van der Waals surface area contributed by atoms with Crippen LogP contribution in [0.2, 0.25) is 0 Å². The van der Waals surface area contributed by atoms with Crippen molar-refractivity contribution in [2.24, 2.45) is 5.92 Å². The van der Waals surface area contributed by atoms with Gasteiger partial charge in [0.05, 0.1) is 26.4 Å². The van der Waals surface area contributed by atoms with E-state index >= 15 is 0 Å². The van der Waals surface area contributed by atoms with Gasteiger partial charge in [-0.2, -0.15) is 5.06 Å². The highest BCUT2D eigenvalue weighted by atomic mass is 16.7. The van der Waals surface area contributed by atoms with Gasteiger partial charge >= 0.3 is 0 Å². The van der Waals surface area contributed by atoms with Gasteiger partial charge in [0.25, 0.3) is 0 Å². The number of hydrogen-bond acceptors (Lipinski definition) is 6. The molecule has 7 nitrogen and oxygen atoms in total. The molecular weight excluding hydrogens is 406 g/mol. The number of anilines is 1. The third kappa shape index (κ3) is 5.59. The third-order valence-electron chi connectivity index (χ3n) is 6.00. The predicted molar refractivity (Wildman–Crippen MR) is 126 cm³/mol. The van der Waals surface area contributed by atoms with Gasteiger partial charge in [0.15, 0.2) is 0 Å². The van der Waals surface area contributed by atoms with E-state index in [1.807, 2.05) is 38.3 Å². The Morgan fingerprint density at radius 2 is 2.03 bits per heavy atom. The van der Waals surface area contributed by atoms with Gasteiger partial charge in [0, 0.05) is 63.9 Å². The van der Waals surface area contributed by atoms with Crippen LogP contribution in [0.15, 0.2) is 36.4 Å². The molecule has 0 aliphatic carbocycles. The fraction of sp³-hybridized carbons (Fsp3) is 0.480. The molecule has 1 aliphatic rings. The summed E-state index contributed by atoms with van der Waals surface area (Å²) in [6.45, 7) is 5.70. The van der Waals surface area contributed by atoms with E-state index in [-0.39, 0.29) is 11.8 Å². The van der Waals surface area contributed by atoms with E-state index in [1.165, 1.54) is 0 Å². The van der Waals surface area contributed by atoms with Crippen LogP contribution in [0.5, 0.6) is 5.75 Å². The van der Waals surface area contributed by atoms with E-state index in [9.17, 15) is 9.90 Å². The van der Waals surface area contributed by atoms with Gasteiger partial charge in [-0.1, -0.05) is 18.2 Å². The minimum Gasteiger partial charge on any atom is -0.496 e. The molecule has 1 fully saturated rings. The Balaban J connectivity index is 1.95. The monoisotopic (exact) mass is 441 g/mol. The van der Waals surface area contributed by atoms with Crippen LogP contribution >= 0.6 is 0 Å². The number of hydrogen-bond donors (Lipinski definition) is 1. The highest BCUT2D eigenvalue weighted by molar-refractivity contribution is 5.77. The number of benzene rings is 2. The maximum atomic E-state index is 11.8. The lowest BCUT2D eigenvalue weighted by Gasteiger charge is -2.22. The summed E-state index contributed by atoms with van der Waals surface area (Å²) in [5.74, 6) is 0.947. The summed E-state index contributed by atoms with van der Waals surface area (Å²) in [6, 6.07) is 12.5. The maximum Gasteiger partial charge on any atom is 0.219 e. The molecule has 3 rings (SSSR count). The van der Waals surface area contributed by atoms with Crippen LogP contribution in [0.4, 0.5) is 5.69 Å². The molecule has 7 heteroatoms. The molecule has 0 saturated carbocycles. The van der Waals surface area contributed by atoms with E-state index in [0.717, 1.165) is 33.7 Å². The summed E-state index contributed by atoms with van der Waals surface area (Å²) in [6.07, 6.45) is -0.395. The molecular formula is C25H35N3O4. The number of para-hydroxylation sites is 1. The molecule has 0 aromatic heterocycles. The topological polar surface area (TPSA) is 65.5 Å². The molecule has 2 aromatic carbocycles. The van der Waals surface area contributed by atoms with Gasteiger partial charge in [0.1, 0.15) is 5.75 Å². The fourth-order valence-electron chi connectivity index (χ4n) is 3.90. The van der Waals surface area contributed by atoms with Crippen molar-refractivity contribution in [3.63, 3.8) is 0 Å². The quantitative estimate of drug-likeness (QED) is 0.679. The van der Waals surface area contributed by atoms with Crippen LogP contribution in [-0.2, 0) is 22.7 Å². The number of carbonyl (C=O) groups excluding carboxylic acids is 1. The first kappa shape index (κ1) is 24.0. The Hall–Kier alpha value is -2.61. The average molecular weight is 442 g/mol. The standard InChI is InChI=1S/C25H35N3O4/c1-17(29)22-15-28(32-16-22)14-20-8-7-9-24(25(20)31-6)21-10-19(13-27(5)18(2)30)11-23(12-21)26(3)4/h7-12,17,22,29H,13-16H2,1-6H3/t17-,22+/m0/s1. The number of aliphatic hydroxyl groups excluding tert-OH is 1. The van der Waals surface area contributed by atoms with Crippen LogP contribution < -0.4 is 9.64 Å². The normalized spacial score (nSPS) is 17.3. The zero-order valence-corrected chi connectivity index (χ0v) is 20.0. The van der Waals surface area contributed by atoms with Crippen LogP contribution in [0.3, 0.4) is 0 Å². The summed E-state index contributed by atoms with van der Waals surface area (Å²) >= 11 is 0. The predicted octanol–water partition coefficient (Wildman–Crippen LogP) is 3.15. The Morgan fingerprint density at radius 3 is 2.62 bits per heavy atom. The number of methoxy groups -OCH3 is 1. The molecule has 0 spiro atoms. The first-order valence-corrected chi connectivity index (χ1v) is 10.9. The van der Waals surface area contributed by atoms with Crippen LogP contribution in [-0.4, -0.2) is 68.5 Å². The van der Waals surface area contributed by atoms with Crippen LogP contribution in [0.1, 0.15) is 25.0 Å². The number of carbonyl (C=O) groups is 1. The zero-order chi connectivity index (χ0) is 23.4. The smallest absolute Gasteiger partial charge is 0.219 e. The van der Waals surface area contributed by atoms with Crippen molar-refractivity contribution in [3.8, 4) is 16.9 Å². The lowest BCUT2D eigenvalue weighted by Crippen LogP contribution is -2.24. The first-order valence-electron chi connectivity index (χ1n) is 10.9. The SMILES string of the molecule is COc1c(CN2C[C@@H]([C@H](C)O)CO2)cccc1-c1cc(CN(C)C(C)=O)cc(N(C)C)c1. The van der Waals surface area contributed by atoms with Gasteiger partial charge in [-0.05, 0) is 36.2 Å². The number of hydroxylamine groups is 2. The highest BCUT2D eigenvalue weighted by Gasteiger charge is 2.28. The summed E-state index contributed by atoms with van der Waals surface area (Å²) in [4.78, 5) is 21.3. The molecule has 174 valence electrons. The molecule has 1 saturated heterocycles. The number of rotatable bonds is 8. The molecule has 1 amide bonds. The van der Waals surface area contributed by atoms with Gasteiger partial charge in [0.2, 0.25) is 5.91 Å². The molecule has 32 heavy (non-hydrogen) atoms. The minimum absolute atomic E-state index is 0.0301. The second-order valence-electron chi connectivity index (χ2n) is 8.77. The van der Waals surface area contributed by atoms with Crippen molar-refractivity contribution in [1.29, 1.82) is 0 Å². The van der Waals surface area contributed by atoms with Crippen LogP contribution in [0.25, 0.3) is 11.1 Å². The Labute approximate surface area is 191 Å². The van der Waals surface area contributed by atoms with Gasteiger partial charge in [-0.25, -0.2) is 0 Å². The summed E-state index contributed by atoms with van der Waals surface area (Å²) < 4.78 is 5.87. The summed E-state index contributed by atoms with van der Waals surface area (Å²) in [7, 11) is 7.51. The van der Waals surface area contributed by atoms with Crippen molar-refractivity contribution in [3.05, 3.63) is 47.5 Å². The number of nitrogens with zero attached hydrogens (tertiary/aromatic N) is 3. The summed E-state index contributed by atoms with van der Waals surface area (Å²) in [5, 5.41) is 11.8. The molecule has 1 N–H and O–H groups in total. The second kappa shape index (κ2) is 10.3. The van der Waals surface area contributed by atoms with Crippen molar-refractivity contribution in [1.82, 2.24) is 9.96 Å². The zero-order valence-electron chi connectivity index (χ0n) is 20.0. The lowest BCUT2D eigenvalue weighted by atomic mass is 9.98. The molecule has 0 radical (unpaired) electrons. The Morgan fingerprint density at radius 1 is 1.28 bits per heavy atom. The molecule has 0 bridgehead atoms. The molecule has 1 aliphatic heterocycles. The summed E-state index contributed by atoms with van der Waals surface area (Å²) in [5.41, 5.74) is 5.16. The number of aliphatic hydroxyl groups is 1. The first-order chi connectivity index (χ1) is 15.2. The fourth-order valence-corrected chi connectivity index (χ4v) is 3.90. The Kier molecular flexibility index (Phi) is 7.77. The molecule has 2 atom stereocenters. The van der Waals surface area contributed by atoms with Crippen molar-refractivity contribution in [2.45, 2.75) is 33.0 Å². The maximum absolute atomic E-state index is 11.8. The highest BCUT2D eigenvalue weighted by Crippen LogP contribution is 2.37.